The molecule has 0 unspecified atom stereocenters. The third-order valence-corrected chi connectivity index (χ3v) is 2.34. The maximum Gasteiger partial charge on any atom is 0.309 e. The third-order valence-electron chi connectivity index (χ3n) is 2.03. The second-order valence-electron chi connectivity index (χ2n) is 3.49. The Bertz CT molecular complexity index is 358. The van der Waals surface area contributed by atoms with Crippen LogP contribution in [0, 0.1) is 0 Å². The van der Waals surface area contributed by atoms with Crippen LogP contribution in [0.4, 0.5) is 0 Å². The summed E-state index contributed by atoms with van der Waals surface area (Å²) in [6, 6.07) is 0. The largest absolute Gasteiger partial charge is 0.481 e. The molecular formula is C9H13ClN2O2. The summed E-state index contributed by atoms with van der Waals surface area (Å²) < 4.78 is 1.75. The zero-order valence-electron chi connectivity index (χ0n) is 8.41. The molecule has 14 heavy (non-hydrogen) atoms. The van der Waals surface area contributed by atoms with Gasteiger partial charge >= 0.3 is 5.97 Å². The Morgan fingerprint density at radius 2 is 2.21 bits per heavy atom. The zero-order valence-corrected chi connectivity index (χ0v) is 9.17. The van der Waals surface area contributed by atoms with Crippen molar-refractivity contribution in [2.24, 2.45) is 7.05 Å². The van der Waals surface area contributed by atoms with Gasteiger partial charge in [0.2, 0.25) is 0 Å². The first-order chi connectivity index (χ1) is 6.43. The summed E-state index contributed by atoms with van der Waals surface area (Å²) in [4.78, 5) is 14.7. The van der Waals surface area contributed by atoms with Crippen LogP contribution in [-0.4, -0.2) is 20.6 Å². The van der Waals surface area contributed by atoms with Crippen LogP contribution in [0.3, 0.4) is 0 Å². The molecule has 0 spiro atoms. The predicted molar refractivity (Wildman–Crippen MR) is 53.6 cm³/mol. The van der Waals surface area contributed by atoms with Crippen molar-refractivity contribution in [2.75, 3.05) is 0 Å². The van der Waals surface area contributed by atoms with Gasteiger partial charge in [0.1, 0.15) is 5.82 Å². The molecule has 0 aliphatic carbocycles. The van der Waals surface area contributed by atoms with Crippen LogP contribution in [0.2, 0.25) is 5.15 Å². The van der Waals surface area contributed by atoms with E-state index in [-0.39, 0.29) is 12.3 Å². The number of hydrogen-bond acceptors (Lipinski definition) is 2. The number of carboxylic acid groups (broad SMARTS) is 1. The highest BCUT2D eigenvalue weighted by Gasteiger charge is 2.17. The van der Waals surface area contributed by atoms with Gasteiger partial charge in [0.15, 0.2) is 5.15 Å². The molecule has 1 rings (SSSR count). The number of imidazole rings is 1. The fourth-order valence-electron chi connectivity index (χ4n) is 1.37. The fraction of sp³-hybridized carbons (Fsp3) is 0.556. The SMILES string of the molecule is CC(C)c1nc(Cl)c(CC(=O)O)n1C. The van der Waals surface area contributed by atoms with E-state index in [1.165, 1.54) is 0 Å². The minimum absolute atomic E-state index is 0.0882. The summed E-state index contributed by atoms with van der Waals surface area (Å²) in [5.74, 6) is 0.150. The standard InChI is InChI=1S/C9H13ClN2O2/c1-5(2)9-11-8(10)6(12(9)3)4-7(13)14/h5H,4H2,1-3H3,(H,13,14). The normalized spacial score (nSPS) is 10.9. The van der Waals surface area contributed by atoms with Gasteiger partial charge in [0, 0.05) is 13.0 Å². The van der Waals surface area contributed by atoms with Crippen molar-refractivity contribution in [2.45, 2.75) is 26.2 Å². The zero-order chi connectivity index (χ0) is 10.9. The molecule has 0 radical (unpaired) electrons. The molecule has 0 amide bonds. The molecule has 1 aromatic rings. The Morgan fingerprint density at radius 1 is 1.64 bits per heavy atom. The summed E-state index contributed by atoms with van der Waals surface area (Å²) in [5, 5.41) is 8.95. The molecule has 5 heteroatoms. The van der Waals surface area contributed by atoms with Crippen LogP contribution in [0.5, 0.6) is 0 Å². The molecule has 0 bridgehead atoms. The number of rotatable bonds is 3. The maximum atomic E-state index is 10.6. The molecule has 78 valence electrons. The number of carbonyl (C=O) groups is 1. The maximum absolute atomic E-state index is 10.6. The summed E-state index contributed by atoms with van der Waals surface area (Å²) in [6.07, 6.45) is -0.0882. The summed E-state index contributed by atoms with van der Waals surface area (Å²) in [7, 11) is 1.78. The van der Waals surface area contributed by atoms with Crippen molar-refractivity contribution in [3.63, 3.8) is 0 Å². The molecule has 0 saturated heterocycles. The molecule has 0 atom stereocenters. The molecule has 4 nitrogen and oxygen atoms in total. The Kier molecular flexibility index (Phi) is 3.16. The molecule has 0 aliphatic rings. The van der Waals surface area contributed by atoms with Crippen molar-refractivity contribution >= 4 is 17.6 Å². The van der Waals surface area contributed by atoms with Gasteiger partial charge < -0.3 is 9.67 Å². The molecule has 0 aromatic carbocycles. The highest BCUT2D eigenvalue weighted by molar-refractivity contribution is 6.30. The Labute approximate surface area is 87.5 Å². The average Bonchev–Trinajstić information content (AvgIpc) is 2.31. The molecule has 1 N–H and O–H groups in total. The number of aliphatic carboxylic acids is 1. The molecule has 1 aromatic heterocycles. The van der Waals surface area contributed by atoms with E-state index in [0.717, 1.165) is 5.82 Å². The van der Waals surface area contributed by atoms with Gasteiger partial charge in [-0.2, -0.15) is 0 Å². The smallest absolute Gasteiger partial charge is 0.309 e. The minimum atomic E-state index is -0.898. The highest BCUT2D eigenvalue weighted by Crippen LogP contribution is 2.21. The summed E-state index contributed by atoms with van der Waals surface area (Å²) >= 11 is 5.84. The van der Waals surface area contributed by atoms with Crippen LogP contribution in [-0.2, 0) is 18.3 Å². The minimum Gasteiger partial charge on any atom is -0.481 e. The first-order valence-corrected chi connectivity index (χ1v) is 4.74. The van der Waals surface area contributed by atoms with Gasteiger partial charge in [0.05, 0.1) is 12.1 Å². The second kappa shape index (κ2) is 4.00. The van der Waals surface area contributed by atoms with Gasteiger partial charge in [0.25, 0.3) is 0 Å². The monoisotopic (exact) mass is 216 g/mol. The molecule has 0 aliphatic heterocycles. The van der Waals surface area contributed by atoms with Crippen LogP contribution in [0.1, 0.15) is 31.3 Å². The number of hydrogen-bond donors (Lipinski definition) is 1. The van der Waals surface area contributed by atoms with Gasteiger partial charge in [-0.3, -0.25) is 4.79 Å². The first-order valence-electron chi connectivity index (χ1n) is 4.36. The molecule has 0 fully saturated rings. The summed E-state index contributed by atoms with van der Waals surface area (Å²) in [6.45, 7) is 3.98. The lowest BCUT2D eigenvalue weighted by Crippen LogP contribution is -2.08. The van der Waals surface area contributed by atoms with Crippen molar-refractivity contribution in [3.8, 4) is 0 Å². The van der Waals surface area contributed by atoms with Crippen molar-refractivity contribution in [3.05, 3.63) is 16.7 Å². The Hall–Kier alpha value is -1.03. The van der Waals surface area contributed by atoms with Gasteiger partial charge in [-0.05, 0) is 0 Å². The third kappa shape index (κ3) is 2.07. The second-order valence-corrected chi connectivity index (χ2v) is 3.85. The number of nitrogens with zero attached hydrogens (tertiary/aromatic N) is 2. The van der Waals surface area contributed by atoms with E-state index in [2.05, 4.69) is 4.98 Å². The Balaban J connectivity index is 3.11. The lowest BCUT2D eigenvalue weighted by molar-refractivity contribution is -0.136. The fourth-order valence-corrected chi connectivity index (χ4v) is 1.65. The van der Waals surface area contributed by atoms with E-state index in [0.29, 0.717) is 10.8 Å². The van der Waals surface area contributed by atoms with E-state index in [1.807, 2.05) is 13.8 Å². The quantitative estimate of drug-likeness (QED) is 0.839. The van der Waals surface area contributed by atoms with Crippen molar-refractivity contribution in [1.29, 1.82) is 0 Å². The predicted octanol–water partition coefficient (Wildman–Crippen LogP) is 1.82. The van der Waals surface area contributed by atoms with E-state index in [9.17, 15) is 4.79 Å². The van der Waals surface area contributed by atoms with Gasteiger partial charge in [-0.1, -0.05) is 25.4 Å². The topological polar surface area (TPSA) is 55.1 Å². The van der Waals surface area contributed by atoms with Crippen molar-refractivity contribution in [1.82, 2.24) is 9.55 Å². The van der Waals surface area contributed by atoms with Crippen molar-refractivity contribution < 1.29 is 9.90 Å². The lowest BCUT2D eigenvalue weighted by atomic mass is 10.2. The molecule has 0 saturated carbocycles. The van der Waals surface area contributed by atoms with E-state index >= 15 is 0 Å². The van der Waals surface area contributed by atoms with Crippen LogP contribution >= 0.6 is 11.6 Å². The van der Waals surface area contributed by atoms with E-state index in [1.54, 1.807) is 11.6 Å². The lowest BCUT2D eigenvalue weighted by Gasteiger charge is -2.06. The first kappa shape index (κ1) is 11.0. The highest BCUT2D eigenvalue weighted by atomic mass is 35.5. The van der Waals surface area contributed by atoms with E-state index < -0.39 is 5.97 Å². The van der Waals surface area contributed by atoms with E-state index in [4.69, 9.17) is 16.7 Å². The van der Waals surface area contributed by atoms with Crippen LogP contribution in [0.15, 0.2) is 0 Å². The van der Waals surface area contributed by atoms with Gasteiger partial charge in [-0.15, -0.1) is 0 Å². The summed E-state index contributed by atoms with van der Waals surface area (Å²) in [5.41, 5.74) is 0.558. The van der Waals surface area contributed by atoms with Crippen LogP contribution < -0.4 is 0 Å². The molecule has 1 heterocycles. The van der Waals surface area contributed by atoms with Gasteiger partial charge in [-0.25, -0.2) is 4.98 Å². The van der Waals surface area contributed by atoms with Crippen LogP contribution in [0.25, 0.3) is 0 Å². The number of carboxylic acids is 1. The molecular weight excluding hydrogens is 204 g/mol. The number of halogens is 1. The average molecular weight is 217 g/mol. The Morgan fingerprint density at radius 3 is 2.57 bits per heavy atom. The number of aromatic nitrogens is 2.